The van der Waals surface area contributed by atoms with Crippen molar-refractivity contribution in [2.45, 2.75) is 18.9 Å². The zero-order valence-electron chi connectivity index (χ0n) is 7.95. The van der Waals surface area contributed by atoms with Crippen molar-refractivity contribution in [3.05, 3.63) is 11.6 Å². The summed E-state index contributed by atoms with van der Waals surface area (Å²) in [6.45, 7) is 6.04. The first-order valence-electron chi connectivity index (χ1n) is 5.12. The topological polar surface area (TPSA) is 6.48 Å². The van der Waals surface area contributed by atoms with Crippen molar-refractivity contribution in [1.29, 1.82) is 0 Å². The van der Waals surface area contributed by atoms with Gasteiger partial charge in [0.15, 0.2) is 0 Å². The summed E-state index contributed by atoms with van der Waals surface area (Å²) in [5, 5.41) is 0. The van der Waals surface area contributed by atoms with E-state index in [1.165, 1.54) is 39.0 Å². The second kappa shape index (κ2) is 4.45. The minimum Gasteiger partial charge on any atom is -0.298 e. The summed E-state index contributed by atoms with van der Waals surface area (Å²) in [6, 6.07) is 0.831. The van der Waals surface area contributed by atoms with Crippen LogP contribution in [-0.2, 0) is 0 Å². The number of fused-ring (bicyclic) bond motifs is 1. The number of piperazine rings is 1. The fraction of sp³-hybridized carbons (Fsp3) is 0.800. The van der Waals surface area contributed by atoms with E-state index in [9.17, 15) is 0 Å². The van der Waals surface area contributed by atoms with E-state index in [0.717, 1.165) is 12.6 Å². The van der Waals surface area contributed by atoms with Crippen LogP contribution in [0.5, 0.6) is 0 Å². The van der Waals surface area contributed by atoms with Crippen LogP contribution in [0.15, 0.2) is 11.6 Å². The number of halogens is 1. The van der Waals surface area contributed by atoms with E-state index in [1.807, 2.05) is 6.08 Å². The van der Waals surface area contributed by atoms with Crippen molar-refractivity contribution in [1.82, 2.24) is 9.80 Å². The number of hydrogen-bond donors (Lipinski definition) is 0. The predicted octanol–water partition coefficient (Wildman–Crippen LogP) is 1.52. The molecule has 0 amide bonds. The van der Waals surface area contributed by atoms with E-state index in [1.54, 1.807) is 5.54 Å². The molecular formula is C10H17ClN2. The number of hydrogen-bond acceptors (Lipinski definition) is 2. The normalized spacial score (nSPS) is 31.3. The molecule has 3 heteroatoms. The Morgan fingerprint density at radius 2 is 2.23 bits per heavy atom. The molecule has 0 aliphatic carbocycles. The molecule has 1 unspecified atom stereocenters. The highest BCUT2D eigenvalue weighted by atomic mass is 35.5. The maximum atomic E-state index is 5.51. The highest BCUT2D eigenvalue weighted by Gasteiger charge is 2.29. The molecule has 0 aromatic rings. The lowest BCUT2D eigenvalue weighted by Crippen LogP contribution is -2.49. The van der Waals surface area contributed by atoms with Crippen molar-refractivity contribution in [2.24, 2.45) is 0 Å². The van der Waals surface area contributed by atoms with Crippen LogP contribution in [0.2, 0.25) is 0 Å². The summed E-state index contributed by atoms with van der Waals surface area (Å²) in [5.41, 5.74) is 1.63. The minimum atomic E-state index is 0.831. The zero-order chi connectivity index (χ0) is 9.10. The third-order valence-electron chi connectivity index (χ3n) is 3.12. The van der Waals surface area contributed by atoms with Gasteiger partial charge in [-0.15, -0.1) is 0 Å². The highest BCUT2D eigenvalue weighted by molar-refractivity contribution is 6.25. The quantitative estimate of drug-likeness (QED) is 0.667. The molecule has 0 spiro atoms. The van der Waals surface area contributed by atoms with E-state index in [-0.39, 0.29) is 0 Å². The molecule has 2 rings (SSSR count). The smallest absolute Gasteiger partial charge is 0.0224 e. The molecule has 2 nitrogen and oxygen atoms in total. The second-order valence-electron chi connectivity index (χ2n) is 3.95. The van der Waals surface area contributed by atoms with Crippen molar-refractivity contribution in [3.63, 3.8) is 0 Å². The van der Waals surface area contributed by atoms with Gasteiger partial charge in [-0.1, -0.05) is 17.7 Å². The fourth-order valence-electron chi connectivity index (χ4n) is 2.41. The van der Waals surface area contributed by atoms with E-state index >= 15 is 0 Å². The maximum Gasteiger partial charge on any atom is 0.0224 e. The molecule has 0 N–H and O–H groups in total. The summed E-state index contributed by atoms with van der Waals surface area (Å²) in [4.78, 5) is 5.12. The van der Waals surface area contributed by atoms with Gasteiger partial charge in [0.2, 0.25) is 0 Å². The van der Waals surface area contributed by atoms with Crippen LogP contribution in [0.3, 0.4) is 0 Å². The van der Waals surface area contributed by atoms with Crippen LogP contribution in [-0.4, -0.2) is 48.6 Å². The summed E-state index contributed by atoms with van der Waals surface area (Å²) < 4.78 is 0. The zero-order valence-corrected chi connectivity index (χ0v) is 8.71. The Balaban J connectivity index is 1.82. The Labute approximate surface area is 85.1 Å². The van der Waals surface area contributed by atoms with Crippen LogP contribution in [0, 0.1) is 0 Å². The fourth-order valence-corrected chi connectivity index (χ4v) is 2.49. The third kappa shape index (κ3) is 2.25. The van der Waals surface area contributed by atoms with Gasteiger partial charge in [0.1, 0.15) is 0 Å². The summed E-state index contributed by atoms with van der Waals surface area (Å²) in [6.07, 6.45) is 4.82. The van der Waals surface area contributed by atoms with E-state index in [0.29, 0.717) is 0 Å². The summed E-state index contributed by atoms with van der Waals surface area (Å²) in [5.74, 6) is 0. The molecular weight excluding hydrogens is 184 g/mol. The molecule has 2 heterocycles. The van der Waals surface area contributed by atoms with Gasteiger partial charge in [-0.05, 0) is 19.4 Å². The van der Waals surface area contributed by atoms with Gasteiger partial charge >= 0.3 is 0 Å². The maximum absolute atomic E-state index is 5.51. The largest absolute Gasteiger partial charge is 0.298 e. The van der Waals surface area contributed by atoms with Crippen LogP contribution in [0.4, 0.5) is 0 Å². The Morgan fingerprint density at radius 3 is 3.08 bits per heavy atom. The average Bonchev–Trinajstić information content (AvgIpc) is 2.61. The predicted molar refractivity (Wildman–Crippen MR) is 56.0 cm³/mol. The molecule has 0 saturated carbocycles. The molecule has 2 aliphatic heterocycles. The standard InChI is InChI=1S/C10H17ClN2/c11-4-2-5-12-7-8-13-6-1-3-10(13)9-12/h2,4,10H,1,3,5-9H2/b4-2+. The van der Waals surface area contributed by atoms with Crippen molar-refractivity contribution < 1.29 is 0 Å². The molecule has 2 aliphatic rings. The minimum absolute atomic E-state index is 0.831. The lowest BCUT2D eigenvalue weighted by atomic mass is 10.1. The molecule has 13 heavy (non-hydrogen) atoms. The average molecular weight is 201 g/mol. The SMILES string of the molecule is Cl/C=C/CN1CCN2CCCC2C1. The molecule has 2 fully saturated rings. The van der Waals surface area contributed by atoms with Gasteiger partial charge in [-0.25, -0.2) is 0 Å². The second-order valence-corrected chi connectivity index (χ2v) is 4.21. The molecule has 0 radical (unpaired) electrons. The Kier molecular flexibility index (Phi) is 3.25. The van der Waals surface area contributed by atoms with Crippen LogP contribution >= 0.6 is 11.6 Å². The van der Waals surface area contributed by atoms with E-state index in [2.05, 4.69) is 9.80 Å². The first-order valence-corrected chi connectivity index (χ1v) is 5.55. The van der Waals surface area contributed by atoms with Crippen molar-refractivity contribution in [3.8, 4) is 0 Å². The molecule has 0 aromatic heterocycles. The van der Waals surface area contributed by atoms with Crippen LogP contribution < -0.4 is 0 Å². The van der Waals surface area contributed by atoms with Gasteiger partial charge < -0.3 is 0 Å². The van der Waals surface area contributed by atoms with Gasteiger partial charge in [0, 0.05) is 37.8 Å². The Morgan fingerprint density at radius 1 is 1.31 bits per heavy atom. The monoisotopic (exact) mass is 200 g/mol. The summed E-state index contributed by atoms with van der Waals surface area (Å²) >= 11 is 5.51. The van der Waals surface area contributed by atoms with Gasteiger partial charge in [-0.3, -0.25) is 9.80 Å². The first-order chi connectivity index (χ1) is 6.40. The molecule has 1 atom stereocenters. The third-order valence-corrected chi connectivity index (χ3v) is 3.30. The molecule has 74 valence electrons. The van der Waals surface area contributed by atoms with Gasteiger partial charge in [0.05, 0.1) is 0 Å². The number of rotatable bonds is 2. The first kappa shape index (κ1) is 9.50. The Hall–Kier alpha value is -0.0500. The molecule has 0 aromatic carbocycles. The lowest BCUT2D eigenvalue weighted by Gasteiger charge is -2.36. The Bertz CT molecular complexity index is 193. The van der Waals surface area contributed by atoms with Crippen LogP contribution in [0.1, 0.15) is 12.8 Å². The summed E-state index contributed by atoms with van der Waals surface area (Å²) in [7, 11) is 0. The van der Waals surface area contributed by atoms with E-state index < -0.39 is 0 Å². The van der Waals surface area contributed by atoms with Gasteiger partial charge in [0.25, 0.3) is 0 Å². The lowest BCUT2D eigenvalue weighted by molar-refractivity contribution is 0.114. The number of nitrogens with zero attached hydrogens (tertiary/aromatic N) is 2. The van der Waals surface area contributed by atoms with E-state index in [4.69, 9.17) is 11.6 Å². The molecule has 0 bridgehead atoms. The van der Waals surface area contributed by atoms with Gasteiger partial charge in [-0.2, -0.15) is 0 Å². The highest BCUT2D eigenvalue weighted by Crippen LogP contribution is 2.21. The van der Waals surface area contributed by atoms with Crippen molar-refractivity contribution >= 4 is 11.6 Å². The van der Waals surface area contributed by atoms with Crippen molar-refractivity contribution in [2.75, 3.05) is 32.7 Å². The van der Waals surface area contributed by atoms with Crippen LogP contribution in [0.25, 0.3) is 0 Å². The molecule has 2 saturated heterocycles.